The average Bonchev–Trinajstić information content (AvgIpc) is 2.32. The van der Waals surface area contributed by atoms with Crippen LogP contribution in [-0.2, 0) is 9.59 Å². The maximum atomic E-state index is 11.3. The Kier molecular flexibility index (Phi) is 7.14. The molecule has 0 saturated heterocycles. The highest BCUT2D eigenvalue weighted by atomic mass is 16.2. The average molecular weight is 238 g/mol. The molecule has 1 unspecified atom stereocenters. The van der Waals surface area contributed by atoms with Gasteiger partial charge in [0.1, 0.15) is 0 Å². The van der Waals surface area contributed by atoms with Crippen LogP contribution in [-0.4, -0.2) is 11.6 Å². The van der Waals surface area contributed by atoms with Gasteiger partial charge in [-0.2, -0.15) is 0 Å². The minimum Gasteiger partial charge on any atom is -0.291 e. The van der Waals surface area contributed by atoms with E-state index in [1.54, 1.807) is 0 Å². The third-order valence-electron chi connectivity index (χ3n) is 3.78. The summed E-state index contributed by atoms with van der Waals surface area (Å²) in [6, 6.07) is 0. The Morgan fingerprint density at radius 1 is 0.941 bits per heavy atom. The quantitative estimate of drug-likeness (QED) is 0.472. The maximum absolute atomic E-state index is 11.3. The number of hydrogen-bond donors (Lipinski definition) is 0. The first kappa shape index (κ1) is 14.4. The van der Waals surface area contributed by atoms with E-state index in [0.717, 1.165) is 12.8 Å². The number of hydrogen-bond acceptors (Lipinski definition) is 2. The second-order valence-electron chi connectivity index (χ2n) is 5.37. The highest BCUT2D eigenvalue weighted by molar-refractivity contribution is 6.37. The summed E-state index contributed by atoms with van der Waals surface area (Å²) in [5, 5.41) is 0. The largest absolute Gasteiger partial charge is 0.291 e. The molecule has 1 saturated carbocycles. The minimum absolute atomic E-state index is 0.121. The fourth-order valence-corrected chi connectivity index (χ4v) is 2.59. The maximum Gasteiger partial charge on any atom is 0.198 e. The second kappa shape index (κ2) is 8.43. The van der Waals surface area contributed by atoms with Crippen molar-refractivity contribution in [2.24, 2.45) is 5.92 Å². The summed E-state index contributed by atoms with van der Waals surface area (Å²) in [7, 11) is 0. The summed E-state index contributed by atoms with van der Waals surface area (Å²) < 4.78 is 0. The molecule has 2 heteroatoms. The molecule has 0 bridgehead atoms. The van der Waals surface area contributed by atoms with Crippen molar-refractivity contribution in [1.82, 2.24) is 0 Å². The van der Waals surface area contributed by atoms with Crippen molar-refractivity contribution in [2.75, 3.05) is 0 Å². The molecule has 17 heavy (non-hydrogen) atoms. The minimum atomic E-state index is -0.138. The Morgan fingerprint density at radius 2 is 1.59 bits per heavy atom. The van der Waals surface area contributed by atoms with E-state index in [2.05, 4.69) is 6.92 Å². The van der Waals surface area contributed by atoms with E-state index in [-0.39, 0.29) is 11.6 Å². The van der Waals surface area contributed by atoms with Crippen LogP contribution in [0.5, 0.6) is 0 Å². The lowest BCUT2D eigenvalue weighted by Crippen LogP contribution is -2.24. The van der Waals surface area contributed by atoms with Crippen LogP contribution in [0.25, 0.3) is 0 Å². The molecule has 0 N–H and O–H groups in total. The first-order chi connectivity index (χ1) is 8.24. The molecule has 1 atom stereocenters. The summed E-state index contributed by atoms with van der Waals surface area (Å²) in [6.45, 7) is 2.24. The van der Waals surface area contributed by atoms with Crippen molar-refractivity contribution in [3.63, 3.8) is 0 Å². The third kappa shape index (κ3) is 5.99. The van der Waals surface area contributed by atoms with Gasteiger partial charge in [0.25, 0.3) is 0 Å². The standard InChI is InChI=1S/C15H26O2/c1-2-3-4-5-6-7-8-9-13-10-11-14(16)15(17)12-13/h13H,2-12H2,1H3. The van der Waals surface area contributed by atoms with E-state index in [1.807, 2.05) is 0 Å². The fourth-order valence-electron chi connectivity index (χ4n) is 2.59. The number of unbranched alkanes of at least 4 members (excludes halogenated alkanes) is 6. The van der Waals surface area contributed by atoms with E-state index in [1.165, 1.54) is 44.9 Å². The van der Waals surface area contributed by atoms with Gasteiger partial charge < -0.3 is 0 Å². The molecule has 0 aromatic carbocycles. The molecule has 98 valence electrons. The van der Waals surface area contributed by atoms with Crippen LogP contribution in [0.2, 0.25) is 0 Å². The molecule has 0 aromatic heterocycles. The molecule has 0 aliphatic heterocycles. The molecule has 0 spiro atoms. The first-order valence-corrected chi connectivity index (χ1v) is 7.30. The van der Waals surface area contributed by atoms with Crippen LogP contribution in [0.3, 0.4) is 0 Å². The van der Waals surface area contributed by atoms with Crippen molar-refractivity contribution in [3.05, 3.63) is 0 Å². The second-order valence-corrected chi connectivity index (χ2v) is 5.37. The molecule has 0 heterocycles. The van der Waals surface area contributed by atoms with Crippen molar-refractivity contribution < 1.29 is 9.59 Å². The highest BCUT2D eigenvalue weighted by Crippen LogP contribution is 2.24. The molecule has 0 aromatic rings. The van der Waals surface area contributed by atoms with Gasteiger partial charge in [-0.1, -0.05) is 51.9 Å². The van der Waals surface area contributed by atoms with E-state index in [4.69, 9.17) is 0 Å². The van der Waals surface area contributed by atoms with Crippen LogP contribution in [0, 0.1) is 5.92 Å². The van der Waals surface area contributed by atoms with Gasteiger partial charge in [0.2, 0.25) is 0 Å². The molecule has 0 radical (unpaired) electrons. The summed E-state index contributed by atoms with van der Waals surface area (Å²) in [5.74, 6) is 0.237. The van der Waals surface area contributed by atoms with Gasteiger partial charge in [-0.15, -0.1) is 0 Å². The van der Waals surface area contributed by atoms with E-state index >= 15 is 0 Å². The van der Waals surface area contributed by atoms with Crippen molar-refractivity contribution in [3.8, 4) is 0 Å². The van der Waals surface area contributed by atoms with Crippen LogP contribution in [0.4, 0.5) is 0 Å². The molecule has 1 aliphatic rings. The Balaban J connectivity index is 1.96. The van der Waals surface area contributed by atoms with Gasteiger partial charge in [0, 0.05) is 12.8 Å². The van der Waals surface area contributed by atoms with Gasteiger partial charge in [-0.05, 0) is 18.8 Å². The summed E-state index contributed by atoms with van der Waals surface area (Å²) in [5.41, 5.74) is 0. The predicted molar refractivity (Wildman–Crippen MR) is 70.0 cm³/mol. The van der Waals surface area contributed by atoms with Crippen molar-refractivity contribution in [1.29, 1.82) is 0 Å². The van der Waals surface area contributed by atoms with Crippen molar-refractivity contribution >= 4 is 11.6 Å². The molecule has 2 nitrogen and oxygen atoms in total. The lowest BCUT2D eigenvalue weighted by atomic mass is 9.84. The molecular weight excluding hydrogens is 212 g/mol. The molecular formula is C15H26O2. The first-order valence-electron chi connectivity index (χ1n) is 7.30. The molecule has 0 amide bonds. The summed E-state index contributed by atoms with van der Waals surface area (Å²) in [4.78, 5) is 22.3. The lowest BCUT2D eigenvalue weighted by Gasteiger charge is -2.19. The van der Waals surface area contributed by atoms with Crippen LogP contribution in [0.15, 0.2) is 0 Å². The van der Waals surface area contributed by atoms with E-state index in [9.17, 15) is 9.59 Å². The van der Waals surface area contributed by atoms with Gasteiger partial charge in [0.15, 0.2) is 11.6 Å². The van der Waals surface area contributed by atoms with E-state index in [0.29, 0.717) is 18.8 Å². The van der Waals surface area contributed by atoms with Crippen LogP contribution >= 0.6 is 0 Å². The van der Waals surface area contributed by atoms with Gasteiger partial charge in [-0.3, -0.25) is 9.59 Å². The number of Topliss-reactive ketones (excluding diaryl/α,β-unsaturated/α-hetero) is 2. The zero-order valence-corrected chi connectivity index (χ0v) is 11.2. The number of carbonyl (C=O) groups excluding carboxylic acids is 2. The molecule has 1 aliphatic carbocycles. The SMILES string of the molecule is CCCCCCCCCC1CCC(=O)C(=O)C1. The fraction of sp³-hybridized carbons (Fsp3) is 0.867. The van der Waals surface area contributed by atoms with Crippen LogP contribution < -0.4 is 0 Å². The Morgan fingerprint density at radius 3 is 2.24 bits per heavy atom. The molecule has 1 rings (SSSR count). The third-order valence-corrected chi connectivity index (χ3v) is 3.78. The van der Waals surface area contributed by atoms with Crippen molar-refractivity contribution in [2.45, 2.75) is 77.6 Å². The zero-order valence-electron chi connectivity index (χ0n) is 11.2. The summed E-state index contributed by atoms with van der Waals surface area (Å²) in [6.07, 6.45) is 12.4. The molecule has 1 fully saturated rings. The van der Waals surface area contributed by atoms with Gasteiger partial charge in [0.05, 0.1) is 0 Å². The zero-order chi connectivity index (χ0) is 12.5. The van der Waals surface area contributed by atoms with E-state index < -0.39 is 0 Å². The van der Waals surface area contributed by atoms with Gasteiger partial charge in [-0.25, -0.2) is 0 Å². The van der Waals surface area contributed by atoms with Crippen LogP contribution in [0.1, 0.15) is 77.6 Å². The Bertz CT molecular complexity index is 245. The highest BCUT2D eigenvalue weighted by Gasteiger charge is 2.25. The summed E-state index contributed by atoms with van der Waals surface area (Å²) >= 11 is 0. The van der Waals surface area contributed by atoms with Gasteiger partial charge >= 0.3 is 0 Å². The number of ketones is 2. The lowest BCUT2D eigenvalue weighted by molar-refractivity contribution is -0.139. The smallest absolute Gasteiger partial charge is 0.198 e. The topological polar surface area (TPSA) is 34.1 Å². The number of rotatable bonds is 8. The number of carbonyl (C=O) groups is 2. The Labute approximate surface area is 105 Å². The monoisotopic (exact) mass is 238 g/mol. The normalized spacial score (nSPS) is 20.9. The Hall–Kier alpha value is -0.660. The predicted octanol–water partition coefficient (Wildman–Crippen LogP) is 4.07.